The van der Waals surface area contributed by atoms with Crippen molar-refractivity contribution in [2.45, 2.75) is 44.1 Å². The fourth-order valence-corrected chi connectivity index (χ4v) is 2.77. The van der Waals surface area contributed by atoms with E-state index in [-0.39, 0.29) is 29.9 Å². The van der Waals surface area contributed by atoms with E-state index in [0.29, 0.717) is 6.54 Å². The van der Waals surface area contributed by atoms with E-state index in [1.807, 2.05) is 0 Å². The van der Waals surface area contributed by atoms with Crippen LogP contribution in [-0.4, -0.2) is 18.0 Å². The number of hydrogen-bond acceptors (Lipinski definition) is 2. The van der Waals surface area contributed by atoms with Crippen LogP contribution in [-0.2, 0) is 11.2 Å². The number of nitrogens with two attached hydrogens (primary N) is 1. The first-order chi connectivity index (χ1) is 9.54. The fraction of sp³-hybridized carbons (Fsp3) is 0.533. The van der Waals surface area contributed by atoms with Crippen LogP contribution in [0.5, 0.6) is 0 Å². The number of nitrogens with one attached hydrogen (secondary N) is 1. The molecule has 2 rings (SSSR count). The molecule has 0 aliphatic heterocycles. The molecule has 0 bridgehead atoms. The van der Waals surface area contributed by atoms with Crippen LogP contribution in [0.25, 0.3) is 0 Å². The average Bonchev–Trinajstić information content (AvgIpc) is 2.89. The molecule has 0 radical (unpaired) electrons. The van der Waals surface area contributed by atoms with E-state index in [2.05, 4.69) is 5.32 Å². The molecule has 0 saturated heterocycles. The van der Waals surface area contributed by atoms with Crippen LogP contribution in [0, 0.1) is 11.6 Å². The first-order valence-electron chi connectivity index (χ1n) is 7.00. The molecule has 5 heteroatoms. The van der Waals surface area contributed by atoms with Gasteiger partial charge in [0, 0.05) is 13.0 Å². The molecule has 0 atom stereocenters. The van der Waals surface area contributed by atoms with Crippen molar-refractivity contribution in [2.75, 3.05) is 6.54 Å². The van der Waals surface area contributed by atoms with Crippen molar-refractivity contribution in [1.82, 2.24) is 5.32 Å². The van der Waals surface area contributed by atoms with E-state index >= 15 is 0 Å². The highest BCUT2D eigenvalue weighted by molar-refractivity contribution is 5.77. The predicted octanol–water partition coefficient (Wildman–Crippen LogP) is 2.29. The van der Waals surface area contributed by atoms with Gasteiger partial charge in [0.15, 0.2) is 0 Å². The first kappa shape index (κ1) is 14.9. The first-order valence-corrected chi connectivity index (χ1v) is 7.00. The summed E-state index contributed by atoms with van der Waals surface area (Å²) in [7, 11) is 0. The molecule has 1 aromatic rings. The Morgan fingerprint density at radius 2 is 2.00 bits per heavy atom. The Kier molecular flexibility index (Phi) is 4.70. The molecule has 0 heterocycles. The molecule has 1 aliphatic rings. The van der Waals surface area contributed by atoms with Gasteiger partial charge in [0.25, 0.3) is 0 Å². The van der Waals surface area contributed by atoms with Crippen LogP contribution in [0.1, 0.15) is 37.7 Å². The summed E-state index contributed by atoms with van der Waals surface area (Å²) < 4.78 is 26.5. The lowest BCUT2D eigenvalue weighted by atomic mass is 9.97. The van der Waals surface area contributed by atoms with Gasteiger partial charge >= 0.3 is 0 Å². The Hall–Kier alpha value is -1.49. The van der Waals surface area contributed by atoms with Gasteiger partial charge in [0.05, 0.1) is 5.54 Å². The number of carbonyl (C=O) groups is 1. The largest absolute Gasteiger partial charge is 0.349 e. The van der Waals surface area contributed by atoms with Gasteiger partial charge < -0.3 is 11.1 Å². The van der Waals surface area contributed by atoms with Gasteiger partial charge in [-0.05, 0) is 43.0 Å². The summed E-state index contributed by atoms with van der Waals surface area (Å²) in [6.07, 6.45) is 4.25. The molecule has 110 valence electrons. The minimum absolute atomic E-state index is 0.141. The Morgan fingerprint density at radius 3 is 2.65 bits per heavy atom. The molecule has 3 N–H and O–H groups in total. The molecule has 1 aromatic carbocycles. The summed E-state index contributed by atoms with van der Waals surface area (Å²) in [6.45, 7) is 0.424. The third-order valence-corrected chi connectivity index (χ3v) is 3.99. The Morgan fingerprint density at radius 1 is 1.30 bits per heavy atom. The summed E-state index contributed by atoms with van der Waals surface area (Å²) >= 11 is 0. The van der Waals surface area contributed by atoms with Crippen LogP contribution in [0.15, 0.2) is 18.2 Å². The molecule has 1 aliphatic carbocycles. The topological polar surface area (TPSA) is 55.1 Å². The standard InChI is InChI=1S/C15H20F2N2O/c16-12-4-5-13(17)11(9-12)3-6-14(20)19-15(10-18)7-1-2-8-15/h4-5,9H,1-3,6-8,10,18H2,(H,19,20). The highest BCUT2D eigenvalue weighted by Gasteiger charge is 2.33. The normalized spacial score (nSPS) is 17.1. The lowest BCUT2D eigenvalue weighted by Crippen LogP contribution is -2.51. The monoisotopic (exact) mass is 282 g/mol. The molecular weight excluding hydrogens is 262 g/mol. The highest BCUT2D eigenvalue weighted by Crippen LogP contribution is 2.28. The second-order valence-corrected chi connectivity index (χ2v) is 5.48. The zero-order valence-electron chi connectivity index (χ0n) is 11.4. The maximum atomic E-state index is 13.4. The minimum atomic E-state index is -0.490. The minimum Gasteiger partial charge on any atom is -0.349 e. The Bertz CT molecular complexity index is 485. The van der Waals surface area contributed by atoms with Gasteiger partial charge in [0.2, 0.25) is 5.91 Å². The van der Waals surface area contributed by atoms with Gasteiger partial charge in [-0.15, -0.1) is 0 Å². The lowest BCUT2D eigenvalue weighted by Gasteiger charge is -2.28. The maximum Gasteiger partial charge on any atom is 0.220 e. The van der Waals surface area contributed by atoms with Crippen LogP contribution >= 0.6 is 0 Å². The highest BCUT2D eigenvalue weighted by atomic mass is 19.1. The number of aryl methyl sites for hydroxylation is 1. The smallest absolute Gasteiger partial charge is 0.220 e. The zero-order valence-corrected chi connectivity index (χ0v) is 11.4. The van der Waals surface area contributed by atoms with Gasteiger partial charge in [-0.3, -0.25) is 4.79 Å². The molecule has 3 nitrogen and oxygen atoms in total. The summed E-state index contributed by atoms with van der Waals surface area (Å²) in [4.78, 5) is 11.9. The third kappa shape index (κ3) is 3.54. The van der Waals surface area contributed by atoms with E-state index in [4.69, 9.17) is 5.73 Å². The van der Waals surface area contributed by atoms with Crippen LogP contribution in [0.4, 0.5) is 8.78 Å². The van der Waals surface area contributed by atoms with E-state index < -0.39 is 11.6 Å². The lowest BCUT2D eigenvalue weighted by molar-refractivity contribution is -0.122. The van der Waals surface area contributed by atoms with Gasteiger partial charge in [-0.2, -0.15) is 0 Å². The molecule has 1 fully saturated rings. The van der Waals surface area contributed by atoms with Crippen molar-refractivity contribution in [3.63, 3.8) is 0 Å². The van der Waals surface area contributed by atoms with Crippen molar-refractivity contribution in [3.05, 3.63) is 35.4 Å². The summed E-state index contributed by atoms with van der Waals surface area (Å²) in [5.41, 5.74) is 5.68. The second-order valence-electron chi connectivity index (χ2n) is 5.48. The van der Waals surface area contributed by atoms with Gasteiger partial charge in [-0.1, -0.05) is 12.8 Å². The summed E-state index contributed by atoms with van der Waals surface area (Å²) in [5.74, 6) is -1.12. The van der Waals surface area contributed by atoms with Gasteiger partial charge in [-0.25, -0.2) is 8.78 Å². The maximum absolute atomic E-state index is 13.4. The van der Waals surface area contributed by atoms with E-state index in [1.165, 1.54) is 0 Å². The van der Waals surface area contributed by atoms with Crippen molar-refractivity contribution in [1.29, 1.82) is 0 Å². The fourth-order valence-electron chi connectivity index (χ4n) is 2.77. The summed E-state index contributed by atoms with van der Waals surface area (Å²) in [5, 5.41) is 2.97. The van der Waals surface area contributed by atoms with E-state index in [1.54, 1.807) is 0 Å². The van der Waals surface area contributed by atoms with Crippen LogP contribution in [0.3, 0.4) is 0 Å². The molecule has 0 unspecified atom stereocenters. The van der Waals surface area contributed by atoms with Crippen molar-refractivity contribution < 1.29 is 13.6 Å². The number of hydrogen-bond donors (Lipinski definition) is 2. The second kappa shape index (κ2) is 6.31. The predicted molar refractivity (Wildman–Crippen MR) is 73.1 cm³/mol. The van der Waals surface area contributed by atoms with Crippen LogP contribution < -0.4 is 11.1 Å². The Balaban J connectivity index is 1.90. The molecule has 0 aromatic heterocycles. The van der Waals surface area contributed by atoms with Crippen molar-refractivity contribution in [3.8, 4) is 0 Å². The summed E-state index contributed by atoms with van der Waals surface area (Å²) in [6, 6.07) is 3.29. The Labute approximate surface area is 117 Å². The average molecular weight is 282 g/mol. The SMILES string of the molecule is NCC1(NC(=O)CCc2cc(F)ccc2F)CCCC1. The van der Waals surface area contributed by atoms with Crippen LogP contribution in [0.2, 0.25) is 0 Å². The third-order valence-electron chi connectivity index (χ3n) is 3.99. The quantitative estimate of drug-likeness (QED) is 0.870. The number of rotatable bonds is 5. The molecule has 1 saturated carbocycles. The number of halogens is 2. The van der Waals surface area contributed by atoms with Crippen molar-refractivity contribution >= 4 is 5.91 Å². The van der Waals surface area contributed by atoms with E-state index in [9.17, 15) is 13.6 Å². The number of benzene rings is 1. The molecule has 20 heavy (non-hydrogen) atoms. The van der Waals surface area contributed by atoms with E-state index in [0.717, 1.165) is 43.9 Å². The molecule has 1 amide bonds. The van der Waals surface area contributed by atoms with Gasteiger partial charge in [0.1, 0.15) is 11.6 Å². The molecule has 0 spiro atoms. The zero-order chi connectivity index (χ0) is 14.6. The number of amides is 1. The molecular formula is C15H20F2N2O. The van der Waals surface area contributed by atoms with Crippen molar-refractivity contribution in [2.24, 2.45) is 5.73 Å². The number of carbonyl (C=O) groups excluding carboxylic acids is 1.